The lowest BCUT2D eigenvalue weighted by Crippen LogP contribution is -2.30. The average molecular weight is 400 g/mol. The summed E-state index contributed by atoms with van der Waals surface area (Å²) in [6, 6.07) is 12.7. The molecule has 0 atom stereocenters. The number of pyridine rings is 1. The van der Waals surface area contributed by atoms with Gasteiger partial charge in [0.05, 0.1) is 17.5 Å². The number of carbonyl (C=O) groups is 1. The van der Waals surface area contributed by atoms with Crippen LogP contribution in [-0.2, 0) is 10.0 Å². The molecule has 148 valence electrons. The fourth-order valence-corrected chi connectivity index (χ4v) is 5.53. The van der Waals surface area contributed by atoms with Gasteiger partial charge in [-0.3, -0.25) is 18.7 Å². The zero-order valence-electron chi connectivity index (χ0n) is 15.8. The fraction of sp³-hybridized carbons (Fsp3) is 0.429. The van der Waals surface area contributed by atoms with Crippen LogP contribution in [0.25, 0.3) is 0 Å². The number of hydrogen-bond donors (Lipinski definition) is 0. The van der Waals surface area contributed by atoms with Crippen molar-refractivity contribution in [3.8, 4) is 0 Å². The van der Waals surface area contributed by atoms with Crippen LogP contribution >= 0.6 is 0 Å². The Hall–Kier alpha value is -2.41. The van der Waals surface area contributed by atoms with Crippen molar-refractivity contribution in [2.75, 3.05) is 16.6 Å². The Morgan fingerprint density at radius 2 is 1.82 bits per heavy atom. The maximum absolute atomic E-state index is 13.2. The number of sulfonamides is 1. The molecule has 1 saturated heterocycles. The van der Waals surface area contributed by atoms with Crippen molar-refractivity contribution in [1.29, 1.82) is 0 Å². The van der Waals surface area contributed by atoms with Crippen molar-refractivity contribution in [2.24, 2.45) is 4.99 Å². The van der Waals surface area contributed by atoms with Gasteiger partial charge in [0.2, 0.25) is 10.0 Å². The van der Waals surface area contributed by atoms with E-state index in [1.54, 1.807) is 35.0 Å². The van der Waals surface area contributed by atoms with Crippen molar-refractivity contribution in [3.05, 3.63) is 59.7 Å². The minimum Gasteiger partial charge on any atom is -0.270 e. The van der Waals surface area contributed by atoms with Crippen molar-refractivity contribution < 1.29 is 13.2 Å². The van der Waals surface area contributed by atoms with Crippen molar-refractivity contribution >= 4 is 21.6 Å². The smallest absolute Gasteiger partial charge is 0.263 e. The SMILES string of the molecule is O=C(c1cccc(N2CCCS2(=O)=O)c1)n1ccccc1=NC1CCCCC1. The Bertz CT molecular complexity index is 1040. The van der Waals surface area contributed by atoms with Gasteiger partial charge in [0.25, 0.3) is 5.91 Å². The molecule has 2 heterocycles. The lowest BCUT2D eigenvalue weighted by Gasteiger charge is -2.18. The summed E-state index contributed by atoms with van der Waals surface area (Å²) in [6.07, 6.45) is 8.08. The van der Waals surface area contributed by atoms with Crippen LogP contribution in [-0.4, -0.2) is 37.2 Å². The van der Waals surface area contributed by atoms with E-state index in [1.165, 1.54) is 23.6 Å². The van der Waals surface area contributed by atoms with Crippen molar-refractivity contribution in [3.63, 3.8) is 0 Å². The second-order valence-corrected chi connectivity index (χ2v) is 9.46. The number of rotatable bonds is 3. The molecule has 2 aliphatic rings. The number of nitrogens with zero attached hydrogens (tertiary/aromatic N) is 3. The topological polar surface area (TPSA) is 71.7 Å². The monoisotopic (exact) mass is 399 g/mol. The van der Waals surface area contributed by atoms with Gasteiger partial charge in [-0.1, -0.05) is 31.4 Å². The molecule has 0 spiro atoms. The van der Waals surface area contributed by atoms with Crippen molar-refractivity contribution in [2.45, 2.75) is 44.6 Å². The largest absolute Gasteiger partial charge is 0.270 e. The van der Waals surface area contributed by atoms with Gasteiger partial charge in [-0.2, -0.15) is 0 Å². The summed E-state index contributed by atoms with van der Waals surface area (Å²) in [6.45, 7) is 0.459. The van der Waals surface area contributed by atoms with Gasteiger partial charge in [0.1, 0.15) is 5.49 Å². The molecule has 0 N–H and O–H groups in total. The van der Waals surface area contributed by atoms with Crippen molar-refractivity contribution in [1.82, 2.24) is 4.57 Å². The van der Waals surface area contributed by atoms with E-state index in [4.69, 9.17) is 4.99 Å². The molecule has 1 saturated carbocycles. The minimum absolute atomic E-state index is 0.156. The third-order valence-electron chi connectivity index (χ3n) is 5.43. The molecule has 2 aromatic rings. The third kappa shape index (κ3) is 3.90. The van der Waals surface area contributed by atoms with Crippen LogP contribution in [0.2, 0.25) is 0 Å². The highest BCUT2D eigenvalue weighted by Gasteiger charge is 2.28. The second kappa shape index (κ2) is 7.91. The molecule has 0 radical (unpaired) electrons. The number of benzene rings is 1. The number of anilines is 1. The molecule has 0 unspecified atom stereocenters. The molecule has 0 amide bonds. The molecule has 1 aromatic heterocycles. The zero-order valence-corrected chi connectivity index (χ0v) is 16.6. The summed E-state index contributed by atoms with van der Waals surface area (Å²) in [7, 11) is -3.28. The lowest BCUT2D eigenvalue weighted by atomic mass is 9.96. The van der Waals surface area contributed by atoms with E-state index in [2.05, 4.69) is 0 Å². The van der Waals surface area contributed by atoms with E-state index in [0.717, 1.165) is 12.8 Å². The number of hydrogen-bond acceptors (Lipinski definition) is 4. The molecule has 6 nitrogen and oxygen atoms in total. The van der Waals surface area contributed by atoms with Crippen LogP contribution in [0.3, 0.4) is 0 Å². The molecule has 28 heavy (non-hydrogen) atoms. The Balaban J connectivity index is 1.67. The highest BCUT2D eigenvalue weighted by Crippen LogP contribution is 2.25. The molecule has 1 aromatic carbocycles. The quantitative estimate of drug-likeness (QED) is 0.797. The van der Waals surface area contributed by atoms with E-state index in [1.807, 2.05) is 18.2 Å². The predicted molar refractivity (Wildman–Crippen MR) is 109 cm³/mol. The molecular weight excluding hydrogens is 374 g/mol. The van der Waals surface area contributed by atoms with Crippen LogP contribution in [0.15, 0.2) is 53.7 Å². The molecule has 2 fully saturated rings. The Labute approximate surface area is 165 Å². The summed E-state index contributed by atoms with van der Waals surface area (Å²) >= 11 is 0. The maximum atomic E-state index is 13.2. The van der Waals surface area contributed by atoms with Gasteiger partial charge in [0, 0.05) is 18.3 Å². The molecular formula is C21H25N3O3S. The fourth-order valence-electron chi connectivity index (χ4n) is 3.97. The molecule has 4 rings (SSSR count). The molecule has 0 bridgehead atoms. The van der Waals surface area contributed by atoms with E-state index in [9.17, 15) is 13.2 Å². The summed E-state index contributed by atoms with van der Waals surface area (Å²) in [4.78, 5) is 18.0. The van der Waals surface area contributed by atoms with Gasteiger partial charge in [-0.05, 0) is 49.6 Å². The van der Waals surface area contributed by atoms with Gasteiger partial charge in [-0.25, -0.2) is 8.42 Å². The Morgan fingerprint density at radius 3 is 2.57 bits per heavy atom. The number of carbonyl (C=O) groups excluding carboxylic acids is 1. The van der Waals surface area contributed by atoms with Crippen LogP contribution in [0, 0.1) is 0 Å². The lowest BCUT2D eigenvalue weighted by molar-refractivity contribution is 0.0954. The summed E-state index contributed by atoms with van der Waals surface area (Å²) < 4.78 is 27.4. The van der Waals surface area contributed by atoms with Gasteiger partial charge in [0.15, 0.2) is 0 Å². The molecule has 1 aliphatic carbocycles. The first-order valence-electron chi connectivity index (χ1n) is 9.91. The standard InChI is InChI=1S/C21H25N3O3S/c25-21(17-8-6-11-19(16-17)24-14-7-15-28(24,26)27)23-13-5-4-12-20(23)22-18-9-2-1-3-10-18/h4-6,8,11-13,16,18H,1-3,7,9-10,14-15H2. The molecule has 7 heteroatoms. The van der Waals surface area contributed by atoms with Crippen LogP contribution in [0.5, 0.6) is 0 Å². The third-order valence-corrected chi connectivity index (χ3v) is 7.30. The van der Waals surface area contributed by atoms with Gasteiger partial charge in [-0.15, -0.1) is 0 Å². The predicted octanol–water partition coefficient (Wildman–Crippen LogP) is 2.95. The van der Waals surface area contributed by atoms with Crippen LogP contribution in [0.1, 0.15) is 48.9 Å². The van der Waals surface area contributed by atoms with Crippen LogP contribution in [0.4, 0.5) is 5.69 Å². The summed E-state index contributed by atoms with van der Waals surface area (Å²) in [5, 5.41) is 0. The van der Waals surface area contributed by atoms with E-state index >= 15 is 0 Å². The first kappa shape index (κ1) is 18.9. The normalized spacial score (nSPS) is 20.4. The maximum Gasteiger partial charge on any atom is 0.263 e. The van der Waals surface area contributed by atoms with Gasteiger partial charge >= 0.3 is 0 Å². The highest BCUT2D eigenvalue weighted by atomic mass is 32.2. The summed E-state index contributed by atoms with van der Waals surface area (Å²) in [5.41, 5.74) is 1.65. The van der Waals surface area contributed by atoms with Gasteiger partial charge < -0.3 is 0 Å². The second-order valence-electron chi connectivity index (χ2n) is 7.45. The molecule has 1 aliphatic heterocycles. The van der Waals surface area contributed by atoms with E-state index in [0.29, 0.717) is 29.7 Å². The van der Waals surface area contributed by atoms with E-state index in [-0.39, 0.29) is 17.7 Å². The Morgan fingerprint density at radius 1 is 1.00 bits per heavy atom. The first-order valence-corrected chi connectivity index (χ1v) is 11.5. The highest BCUT2D eigenvalue weighted by molar-refractivity contribution is 7.93. The Kier molecular flexibility index (Phi) is 5.35. The summed E-state index contributed by atoms with van der Waals surface area (Å²) in [5.74, 6) is -0.0446. The number of aromatic nitrogens is 1. The first-order chi connectivity index (χ1) is 13.5. The average Bonchev–Trinajstić information content (AvgIpc) is 3.08. The van der Waals surface area contributed by atoms with Crippen LogP contribution < -0.4 is 9.79 Å². The minimum atomic E-state index is -3.28. The van der Waals surface area contributed by atoms with E-state index < -0.39 is 10.0 Å². The zero-order chi connectivity index (χ0) is 19.6.